The fourth-order valence-electron chi connectivity index (χ4n) is 2.21. The molecule has 0 aliphatic carbocycles. The van der Waals surface area contributed by atoms with Crippen molar-refractivity contribution in [2.75, 3.05) is 10.6 Å². The Morgan fingerprint density at radius 2 is 1.28 bits per heavy atom. The Kier molecular flexibility index (Phi) is 2.34. The number of benzene rings is 2. The Hall–Kier alpha value is -1.96. The van der Waals surface area contributed by atoms with Gasteiger partial charge in [-0.25, -0.2) is 0 Å². The number of rotatable bonds is 0. The van der Waals surface area contributed by atoms with E-state index in [9.17, 15) is 0 Å². The molecule has 0 bridgehead atoms. The molecule has 92 valence electrons. The third-order valence-electron chi connectivity index (χ3n) is 3.35. The van der Waals surface area contributed by atoms with Gasteiger partial charge in [-0.05, 0) is 35.2 Å². The summed E-state index contributed by atoms with van der Waals surface area (Å²) in [4.78, 5) is 0. The highest BCUT2D eigenvalue weighted by Gasteiger charge is 2.18. The molecule has 18 heavy (non-hydrogen) atoms. The van der Waals surface area contributed by atoms with E-state index in [0.717, 1.165) is 22.7 Å². The van der Waals surface area contributed by atoms with Crippen molar-refractivity contribution in [1.82, 2.24) is 0 Å². The second-order valence-corrected chi connectivity index (χ2v) is 5.81. The van der Waals surface area contributed by atoms with Gasteiger partial charge in [-0.3, -0.25) is 0 Å². The summed E-state index contributed by atoms with van der Waals surface area (Å²) < 4.78 is 0. The molecule has 0 amide bonds. The zero-order chi connectivity index (χ0) is 12.8. The van der Waals surface area contributed by atoms with Crippen LogP contribution in [0.25, 0.3) is 0 Å². The predicted octanol–water partition coefficient (Wildman–Crippen LogP) is 4.78. The van der Waals surface area contributed by atoms with Gasteiger partial charge in [0, 0.05) is 0 Å². The van der Waals surface area contributed by atoms with Gasteiger partial charge in [-0.1, -0.05) is 39.0 Å². The maximum atomic E-state index is 3.49. The molecule has 0 aromatic heterocycles. The van der Waals surface area contributed by atoms with Crippen molar-refractivity contribution in [2.45, 2.75) is 26.2 Å². The van der Waals surface area contributed by atoms with Gasteiger partial charge in [0.15, 0.2) is 0 Å². The van der Waals surface area contributed by atoms with Gasteiger partial charge < -0.3 is 10.6 Å². The Morgan fingerprint density at radius 1 is 0.722 bits per heavy atom. The van der Waals surface area contributed by atoms with E-state index < -0.39 is 0 Å². The largest absolute Gasteiger partial charge is 0.352 e. The summed E-state index contributed by atoms with van der Waals surface area (Å²) in [5.74, 6) is 0. The molecule has 0 atom stereocenters. The third kappa shape index (κ3) is 1.84. The van der Waals surface area contributed by atoms with E-state index in [4.69, 9.17) is 0 Å². The van der Waals surface area contributed by atoms with Crippen molar-refractivity contribution in [3.05, 3.63) is 48.0 Å². The first-order valence-corrected chi connectivity index (χ1v) is 6.32. The standard InChI is InChI=1S/C16H18N2/c1-16(2,3)11-8-9-14-15(10-11)18-13-7-5-4-6-12(13)17-14/h4-10,17-18H,1-3H3. The van der Waals surface area contributed by atoms with Gasteiger partial charge in [-0.15, -0.1) is 0 Å². The van der Waals surface area contributed by atoms with Gasteiger partial charge in [0.25, 0.3) is 0 Å². The molecule has 0 saturated heterocycles. The van der Waals surface area contributed by atoms with Crippen LogP contribution in [0.3, 0.4) is 0 Å². The van der Waals surface area contributed by atoms with Crippen LogP contribution in [0.15, 0.2) is 42.5 Å². The Labute approximate surface area is 108 Å². The summed E-state index contributed by atoms with van der Waals surface area (Å²) >= 11 is 0. The highest BCUT2D eigenvalue weighted by atomic mass is 15.0. The normalized spacial score (nSPS) is 13.1. The summed E-state index contributed by atoms with van der Waals surface area (Å²) in [5, 5.41) is 6.95. The first kappa shape index (κ1) is 11.1. The first-order chi connectivity index (χ1) is 8.54. The van der Waals surface area contributed by atoms with Crippen LogP contribution in [0.5, 0.6) is 0 Å². The minimum Gasteiger partial charge on any atom is -0.352 e. The third-order valence-corrected chi connectivity index (χ3v) is 3.35. The average Bonchev–Trinajstić information content (AvgIpc) is 2.34. The first-order valence-electron chi connectivity index (χ1n) is 6.32. The predicted molar refractivity (Wildman–Crippen MR) is 78.1 cm³/mol. The summed E-state index contributed by atoms with van der Waals surface area (Å²) in [6, 6.07) is 14.9. The Bertz CT molecular complexity index is 594. The van der Waals surface area contributed by atoms with E-state index in [1.807, 2.05) is 12.1 Å². The maximum Gasteiger partial charge on any atom is 0.0627 e. The molecule has 2 heteroatoms. The van der Waals surface area contributed by atoms with E-state index in [-0.39, 0.29) is 5.41 Å². The molecule has 2 aromatic rings. The lowest BCUT2D eigenvalue weighted by Crippen LogP contribution is -2.13. The number of fused-ring (bicyclic) bond motifs is 2. The zero-order valence-electron chi connectivity index (χ0n) is 11.0. The van der Waals surface area contributed by atoms with Crippen molar-refractivity contribution < 1.29 is 0 Å². The van der Waals surface area contributed by atoms with Crippen molar-refractivity contribution in [3.63, 3.8) is 0 Å². The fraction of sp³-hybridized carbons (Fsp3) is 0.250. The van der Waals surface area contributed by atoms with Gasteiger partial charge >= 0.3 is 0 Å². The van der Waals surface area contributed by atoms with Crippen LogP contribution >= 0.6 is 0 Å². The van der Waals surface area contributed by atoms with Crippen LogP contribution < -0.4 is 10.6 Å². The molecule has 1 aliphatic rings. The number of hydrogen-bond acceptors (Lipinski definition) is 2. The molecule has 0 radical (unpaired) electrons. The van der Waals surface area contributed by atoms with E-state index in [2.05, 4.69) is 61.7 Å². The lowest BCUT2D eigenvalue weighted by molar-refractivity contribution is 0.590. The minimum absolute atomic E-state index is 0.174. The molecular formula is C16H18N2. The molecule has 0 spiro atoms. The summed E-state index contributed by atoms with van der Waals surface area (Å²) in [6.45, 7) is 6.71. The molecule has 0 unspecified atom stereocenters. The van der Waals surface area contributed by atoms with Crippen LogP contribution in [-0.2, 0) is 5.41 Å². The SMILES string of the molecule is CC(C)(C)c1ccc2c(c1)Nc1ccccc1N2. The average molecular weight is 238 g/mol. The van der Waals surface area contributed by atoms with Crippen LogP contribution in [-0.4, -0.2) is 0 Å². The molecule has 1 heterocycles. The number of anilines is 4. The van der Waals surface area contributed by atoms with E-state index in [1.165, 1.54) is 5.56 Å². The summed E-state index contributed by atoms with van der Waals surface area (Å²) in [6.07, 6.45) is 0. The van der Waals surface area contributed by atoms with Crippen LogP contribution in [0.2, 0.25) is 0 Å². The van der Waals surface area contributed by atoms with Gasteiger partial charge in [0.05, 0.1) is 22.7 Å². The van der Waals surface area contributed by atoms with Crippen molar-refractivity contribution in [1.29, 1.82) is 0 Å². The lowest BCUT2D eigenvalue weighted by Gasteiger charge is -2.26. The monoisotopic (exact) mass is 238 g/mol. The molecule has 2 nitrogen and oxygen atoms in total. The minimum atomic E-state index is 0.174. The van der Waals surface area contributed by atoms with Crippen molar-refractivity contribution in [3.8, 4) is 0 Å². The summed E-state index contributed by atoms with van der Waals surface area (Å²) in [7, 11) is 0. The molecular weight excluding hydrogens is 220 g/mol. The Morgan fingerprint density at radius 3 is 1.89 bits per heavy atom. The van der Waals surface area contributed by atoms with E-state index in [1.54, 1.807) is 0 Å². The molecule has 0 saturated carbocycles. The summed E-state index contributed by atoms with van der Waals surface area (Å²) in [5.41, 5.74) is 6.08. The number of nitrogens with one attached hydrogen (secondary N) is 2. The molecule has 2 aromatic carbocycles. The Balaban J connectivity index is 2.04. The van der Waals surface area contributed by atoms with Gasteiger partial charge in [-0.2, -0.15) is 0 Å². The van der Waals surface area contributed by atoms with Gasteiger partial charge in [0.2, 0.25) is 0 Å². The highest BCUT2D eigenvalue weighted by Crippen LogP contribution is 2.39. The second kappa shape index (κ2) is 3.77. The van der Waals surface area contributed by atoms with Gasteiger partial charge in [0.1, 0.15) is 0 Å². The van der Waals surface area contributed by atoms with E-state index in [0.29, 0.717) is 0 Å². The zero-order valence-corrected chi connectivity index (χ0v) is 11.0. The number of para-hydroxylation sites is 2. The van der Waals surface area contributed by atoms with Crippen molar-refractivity contribution >= 4 is 22.7 Å². The lowest BCUT2D eigenvalue weighted by atomic mass is 9.86. The number of hydrogen-bond donors (Lipinski definition) is 2. The maximum absolute atomic E-state index is 3.49. The molecule has 0 fully saturated rings. The smallest absolute Gasteiger partial charge is 0.0627 e. The van der Waals surface area contributed by atoms with E-state index >= 15 is 0 Å². The van der Waals surface area contributed by atoms with Crippen LogP contribution in [0.4, 0.5) is 22.7 Å². The quantitative estimate of drug-likeness (QED) is 0.588. The molecule has 1 aliphatic heterocycles. The topological polar surface area (TPSA) is 24.1 Å². The van der Waals surface area contributed by atoms with Crippen LogP contribution in [0.1, 0.15) is 26.3 Å². The molecule has 2 N–H and O–H groups in total. The molecule has 3 rings (SSSR count). The van der Waals surface area contributed by atoms with Crippen molar-refractivity contribution in [2.24, 2.45) is 0 Å². The highest BCUT2D eigenvalue weighted by molar-refractivity contribution is 5.90. The second-order valence-electron chi connectivity index (χ2n) is 5.81. The fourth-order valence-corrected chi connectivity index (χ4v) is 2.21. The van der Waals surface area contributed by atoms with Crippen LogP contribution in [0, 0.1) is 0 Å².